The number of carbonyl (C=O) groups excluding carboxylic acids is 1. The molecule has 1 aliphatic heterocycles. The van der Waals surface area contributed by atoms with E-state index in [-0.39, 0.29) is 34.0 Å². The number of nitrogens with one attached hydrogen (secondary N) is 1. The summed E-state index contributed by atoms with van der Waals surface area (Å²) < 4.78 is 32.7. The van der Waals surface area contributed by atoms with E-state index in [4.69, 9.17) is 16.1 Å². The van der Waals surface area contributed by atoms with Crippen molar-refractivity contribution in [2.75, 3.05) is 18.4 Å². The van der Waals surface area contributed by atoms with Gasteiger partial charge in [-0.15, -0.1) is 10.2 Å². The van der Waals surface area contributed by atoms with Crippen LogP contribution in [0.25, 0.3) is 0 Å². The van der Waals surface area contributed by atoms with Crippen LogP contribution in [0.2, 0.25) is 5.02 Å². The molecule has 2 aromatic heterocycles. The lowest BCUT2D eigenvalue weighted by Gasteiger charge is -2.30. The minimum atomic E-state index is -3.73. The van der Waals surface area contributed by atoms with Gasteiger partial charge in [0.1, 0.15) is 15.6 Å². The van der Waals surface area contributed by atoms with Crippen LogP contribution in [-0.4, -0.2) is 47.1 Å². The zero-order valence-electron chi connectivity index (χ0n) is 16.8. The van der Waals surface area contributed by atoms with Gasteiger partial charge in [0.25, 0.3) is 5.91 Å². The van der Waals surface area contributed by atoms with Crippen molar-refractivity contribution >= 4 is 44.6 Å². The van der Waals surface area contributed by atoms with Gasteiger partial charge in [-0.25, -0.2) is 8.42 Å². The molecule has 1 atom stereocenters. The molecule has 1 fully saturated rings. The highest BCUT2D eigenvalue weighted by Gasteiger charge is 2.36. The third-order valence-corrected chi connectivity index (χ3v) is 8.48. The van der Waals surface area contributed by atoms with Crippen molar-refractivity contribution in [3.05, 3.63) is 50.8 Å². The molecule has 0 radical (unpaired) electrons. The molecule has 0 spiro atoms. The van der Waals surface area contributed by atoms with Crippen LogP contribution in [0.4, 0.5) is 5.69 Å². The van der Waals surface area contributed by atoms with Crippen molar-refractivity contribution in [1.82, 2.24) is 19.7 Å². The number of benzene rings is 1. The summed E-state index contributed by atoms with van der Waals surface area (Å²) in [7, 11) is -3.73. The lowest BCUT2D eigenvalue weighted by molar-refractivity contribution is 0.102. The van der Waals surface area contributed by atoms with Gasteiger partial charge in [0.2, 0.25) is 15.0 Å². The van der Waals surface area contributed by atoms with Crippen molar-refractivity contribution in [2.24, 2.45) is 0 Å². The molecule has 0 unspecified atom stereocenters. The first-order valence-corrected chi connectivity index (χ1v) is 12.2. The Morgan fingerprint density at radius 3 is 2.68 bits per heavy atom. The molecule has 1 saturated heterocycles. The molecule has 31 heavy (non-hydrogen) atoms. The molecule has 12 heteroatoms. The van der Waals surface area contributed by atoms with E-state index < -0.39 is 10.0 Å². The van der Waals surface area contributed by atoms with Crippen molar-refractivity contribution in [1.29, 1.82) is 0 Å². The van der Waals surface area contributed by atoms with E-state index in [9.17, 15) is 13.2 Å². The van der Waals surface area contributed by atoms with Crippen LogP contribution in [-0.2, 0) is 10.0 Å². The van der Waals surface area contributed by atoms with E-state index in [1.165, 1.54) is 15.6 Å². The number of nitrogens with zero attached hydrogens (tertiary/aromatic N) is 4. The number of anilines is 1. The molecular weight excluding hydrogens is 462 g/mol. The van der Waals surface area contributed by atoms with Crippen LogP contribution in [0, 0.1) is 13.8 Å². The second-order valence-electron chi connectivity index (χ2n) is 7.26. The Labute approximate surface area is 188 Å². The summed E-state index contributed by atoms with van der Waals surface area (Å²) in [4.78, 5) is 12.6. The van der Waals surface area contributed by atoms with Gasteiger partial charge in [-0.3, -0.25) is 4.79 Å². The van der Waals surface area contributed by atoms with E-state index in [2.05, 4.69) is 20.7 Å². The number of hydrogen-bond donors (Lipinski definition) is 1. The molecule has 1 amide bonds. The highest BCUT2D eigenvalue weighted by molar-refractivity contribution is 7.89. The zero-order valence-corrected chi connectivity index (χ0v) is 19.2. The van der Waals surface area contributed by atoms with Crippen LogP contribution in [0.1, 0.15) is 45.0 Å². The first-order valence-electron chi connectivity index (χ1n) is 9.59. The minimum absolute atomic E-state index is 0.119. The molecule has 0 saturated carbocycles. The number of amides is 1. The maximum absolute atomic E-state index is 13.1. The Morgan fingerprint density at radius 1 is 1.26 bits per heavy atom. The maximum atomic E-state index is 13.1. The first-order chi connectivity index (χ1) is 14.8. The predicted molar refractivity (Wildman–Crippen MR) is 116 cm³/mol. The number of rotatable bonds is 5. The van der Waals surface area contributed by atoms with Gasteiger partial charge >= 0.3 is 0 Å². The van der Waals surface area contributed by atoms with Gasteiger partial charge in [-0.2, -0.15) is 4.31 Å². The standard InChI is InChI=1S/C19H20ClN5O4S2/c1-11-16(12(2)29-24-11)31(27,28)25-9-3-4-13(10-25)18-22-23-19(30-18)17(26)21-15-7-5-14(20)6-8-15/h5-8,13H,3-4,9-10H2,1-2H3,(H,21,26)/t13-/m0/s1. The van der Waals surface area contributed by atoms with Gasteiger partial charge in [0.05, 0.1) is 0 Å². The molecule has 4 rings (SSSR count). The van der Waals surface area contributed by atoms with E-state index in [1.54, 1.807) is 38.1 Å². The van der Waals surface area contributed by atoms with Crippen molar-refractivity contribution < 1.29 is 17.7 Å². The second-order valence-corrected chi connectivity index (χ2v) is 10.6. The van der Waals surface area contributed by atoms with E-state index in [0.717, 1.165) is 6.42 Å². The maximum Gasteiger partial charge on any atom is 0.286 e. The summed E-state index contributed by atoms with van der Waals surface area (Å²) in [5, 5.41) is 16.1. The number of hydrogen-bond acceptors (Lipinski definition) is 8. The highest BCUT2D eigenvalue weighted by Crippen LogP contribution is 2.33. The summed E-state index contributed by atoms with van der Waals surface area (Å²) in [5.74, 6) is -0.239. The first kappa shape index (κ1) is 21.9. The number of aromatic nitrogens is 3. The van der Waals surface area contributed by atoms with Crippen molar-refractivity contribution in [3.63, 3.8) is 0 Å². The van der Waals surface area contributed by atoms with Crippen molar-refractivity contribution in [2.45, 2.75) is 37.5 Å². The van der Waals surface area contributed by atoms with Gasteiger partial charge in [-0.1, -0.05) is 28.1 Å². The lowest BCUT2D eigenvalue weighted by atomic mass is 10.0. The van der Waals surface area contributed by atoms with E-state index >= 15 is 0 Å². The smallest absolute Gasteiger partial charge is 0.286 e. The summed E-state index contributed by atoms with van der Waals surface area (Å²) in [6.07, 6.45) is 1.44. The fourth-order valence-corrected chi connectivity index (χ4v) is 6.35. The SMILES string of the molecule is Cc1noc(C)c1S(=O)(=O)N1CCC[C@H](c2nnc(C(=O)Nc3ccc(Cl)cc3)s2)C1. The van der Waals surface area contributed by atoms with E-state index in [1.807, 2.05) is 0 Å². The van der Waals surface area contributed by atoms with Crippen LogP contribution < -0.4 is 5.32 Å². The number of halogens is 1. The third-order valence-electron chi connectivity index (χ3n) is 5.04. The summed E-state index contributed by atoms with van der Waals surface area (Å²) >= 11 is 7.03. The quantitative estimate of drug-likeness (QED) is 0.591. The van der Waals surface area contributed by atoms with E-state index in [0.29, 0.717) is 34.4 Å². The molecule has 3 heterocycles. The Kier molecular flexibility index (Phi) is 6.11. The average molecular weight is 482 g/mol. The molecular formula is C19H20ClN5O4S2. The number of carbonyl (C=O) groups is 1. The average Bonchev–Trinajstić information content (AvgIpc) is 3.37. The van der Waals surface area contributed by atoms with Crippen LogP contribution >= 0.6 is 22.9 Å². The minimum Gasteiger partial charge on any atom is -0.360 e. The highest BCUT2D eigenvalue weighted by atomic mass is 35.5. The number of piperidine rings is 1. The van der Waals surface area contributed by atoms with Gasteiger partial charge < -0.3 is 9.84 Å². The van der Waals surface area contributed by atoms with Crippen LogP contribution in [0.15, 0.2) is 33.7 Å². The Morgan fingerprint density at radius 2 is 2.00 bits per heavy atom. The fraction of sp³-hybridized carbons (Fsp3) is 0.368. The molecule has 3 aromatic rings. The summed E-state index contributed by atoms with van der Waals surface area (Å²) in [5.41, 5.74) is 0.942. The predicted octanol–water partition coefficient (Wildman–Crippen LogP) is 3.62. The largest absolute Gasteiger partial charge is 0.360 e. The van der Waals surface area contributed by atoms with Crippen molar-refractivity contribution in [3.8, 4) is 0 Å². The van der Waals surface area contributed by atoms with Gasteiger partial charge in [-0.05, 0) is 51.0 Å². The lowest BCUT2D eigenvalue weighted by Crippen LogP contribution is -2.39. The Hall–Kier alpha value is -2.34. The monoisotopic (exact) mass is 481 g/mol. The molecule has 9 nitrogen and oxygen atoms in total. The molecule has 0 bridgehead atoms. The zero-order chi connectivity index (χ0) is 22.2. The molecule has 164 valence electrons. The fourth-order valence-electron chi connectivity index (χ4n) is 3.54. The summed E-state index contributed by atoms with van der Waals surface area (Å²) in [6, 6.07) is 6.75. The molecule has 1 aromatic carbocycles. The normalized spacial score (nSPS) is 17.6. The Bertz CT molecular complexity index is 1190. The van der Waals surface area contributed by atoms with Crippen LogP contribution in [0.3, 0.4) is 0 Å². The number of aryl methyl sites for hydroxylation is 2. The van der Waals surface area contributed by atoms with Gasteiger partial charge in [0, 0.05) is 29.7 Å². The summed E-state index contributed by atoms with van der Waals surface area (Å²) in [6.45, 7) is 3.87. The topological polar surface area (TPSA) is 118 Å². The molecule has 0 aliphatic carbocycles. The number of sulfonamides is 1. The molecule has 1 N–H and O–H groups in total. The van der Waals surface area contributed by atoms with Gasteiger partial charge in [0.15, 0.2) is 5.76 Å². The Balaban J connectivity index is 1.49. The molecule has 1 aliphatic rings. The van der Waals surface area contributed by atoms with Crippen LogP contribution in [0.5, 0.6) is 0 Å². The third kappa shape index (κ3) is 4.49. The second kappa shape index (κ2) is 8.65.